The van der Waals surface area contributed by atoms with Crippen LogP contribution in [0.4, 0.5) is 0 Å². The zero-order valence-corrected chi connectivity index (χ0v) is 20.6. The molecule has 0 aliphatic carbocycles. The molecule has 0 fully saturated rings. The fourth-order valence-electron chi connectivity index (χ4n) is 4.35. The summed E-state index contributed by atoms with van der Waals surface area (Å²) in [5.41, 5.74) is 5.65. The Hall–Kier alpha value is -3.71. The van der Waals surface area contributed by atoms with Crippen LogP contribution in [0.2, 0.25) is 0 Å². The van der Waals surface area contributed by atoms with Gasteiger partial charge in [-0.3, -0.25) is 4.98 Å². The van der Waals surface area contributed by atoms with E-state index in [0.29, 0.717) is 11.5 Å². The van der Waals surface area contributed by atoms with Crippen LogP contribution in [0.15, 0.2) is 78.1 Å². The molecule has 0 saturated carbocycles. The second-order valence-electron chi connectivity index (χ2n) is 8.64. The molecule has 35 heavy (non-hydrogen) atoms. The van der Waals surface area contributed by atoms with E-state index in [-0.39, 0.29) is 5.75 Å². The predicted octanol–water partition coefficient (Wildman–Crippen LogP) is 5.89. The van der Waals surface area contributed by atoms with E-state index in [9.17, 15) is 8.42 Å². The molecule has 0 atom stereocenters. The monoisotopic (exact) mass is 485 g/mol. The van der Waals surface area contributed by atoms with E-state index in [1.807, 2.05) is 43.6 Å². The number of sulfone groups is 1. The summed E-state index contributed by atoms with van der Waals surface area (Å²) in [6.07, 6.45) is 7.24. The number of pyridine rings is 2. The van der Waals surface area contributed by atoms with Gasteiger partial charge in [-0.25, -0.2) is 13.4 Å². The standard InChI is InChI=1S/C28H27N3O3S/c1-3-35(32,33)22-10-4-9-21(16-22)23-11-12-25(34-14-6-8-20-7-5-13-29-18-20)27-26(23)24-15-19(2)17-30-28(24)31-27/h4-5,7,9-13,15-18H,3,6,8,14H2,1-2H3,(H,30,31). The van der Waals surface area contributed by atoms with Gasteiger partial charge in [0.2, 0.25) is 0 Å². The molecule has 0 aliphatic rings. The van der Waals surface area contributed by atoms with Crippen LogP contribution in [0.25, 0.3) is 33.1 Å². The fraction of sp³-hybridized carbons (Fsp3) is 0.214. The van der Waals surface area contributed by atoms with Crippen LogP contribution in [0, 0.1) is 6.92 Å². The van der Waals surface area contributed by atoms with E-state index in [4.69, 9.17) is 4.74 Å². The number of hydrogen-bond donors (Lipinski definition) is 1. The second-order valence-corrected chi connectivity index (χ2v) is 10.9. The molecule has 3 aromatic heterocycles. The molecule has 0 bridgehead atoms. The second kappa shape index (κ2) is 9.50. The maximum Gasteiger partial charge on any atom is 0.178 e. The summed E-state index contributed by atoms with van der Waals surface area (Å²) in [6.45, 7) is 4.24. The summed E-state index contributed by atoms with van der Waals surface area (Å²) >= 11 is 0. The molecule has 0 saturated heterocycles. The number of fused-ring (bicyclic) bond motifs is 3. The maximum absolute atomic E-state index is 12.5. The highest BCUT2D eigenvalue weighted by molar-refractivity contribution is 7.91. The van der Waals surface area contributed by atoms with Crippen molar-refractivity contribution in [3.8, 4) is 16.9 Å². The largest absolute Gasteiger partial charge is 0.491 e. The van der Waals surface area contributed by atoms with E-state index >= 15 is 0 Å². The summed E-state index contributed by atoms with van der Waals surface area (Å²) in [4.78, 5) is 12.5. The van der Waals surface area contributed by atoms with Crippen molar-refractivity contribution in [1.29, 1.82) is 0 Å². The lowest BCUT2D eigenvalue weighted by Gasteiger charge is -2.12. The number of nitrogens with zero attached hydrogens (tertiary/aromatic N) is 2. The number of nitrogens with one attached hydrogen (secondary N) is 1. The number of hydrogen-bond acceptors (Lipinski definition) is 5. The first-order valence-electron chi connectivity index (χ1n) is 11.7. The Morgan fingerprint density at radius 1 is 1.03 bits per heavy atom. The highest BCUT2D eigenvalue weighted by Gasteiger charge is 2.18. The van der Waals surface area contributed by atoms with Gasteiger partial charge in [0.15, 0.2) is 9.84 Å². The van der Waals surface area contributed by atoms with Crippen molar-refractivity contribution in [2.75, 3.05) is 12.4 Å². The van der Waals surface area contributed by atoms with Gasteiger partial charge < -0.3 is 9.72 Å². The molecule has 1 N–H and O–H groups in total. The number of ether oxygens (including phenoxy) is 1. The Morgan fingerprint density at radius 3 is 2.71 bits per heavy atom. The van der Waals surface area contributed by atoms with Gasteiger partial charge in [-0.1, -0.05) is 25.1 Å². The summed E-state index contributed by atoms with van der Waals surface area (Å²) in [5.74, 6) is 0.816. The van der Waals surface area contributed by atoms with Gasteiger partial charge in [0, 0.05) is 29.4 Å². The van der Waals surface area contributed by atoms with Crippen molar-refractivity contribution in [1.82, 2.24) is 15.0 Å². The van der Waals surface area contributed by atoms with E-state index in [1.54, 1.807) is 31.3 Å². The van der Waals surface area contributed by atoms with Crippen LogP contribution in [0.5, 0.6) is 5.75 Å². The third-order valence-electron chi connectivity index (χ3n) is 6.18. The zero-order valence-electron chi connectivity index (χ0n) is 19.8. The van der Waals surface area contributed by atoms with Gasteiger partial charge in [0.05, 0.1) is 22.8 Å². The highest BCUT2D eigenvalue weighted by Crippen LogP contribution is 2.39. The number of H-pyrrole nitrogens is 1. The van der Waals surface area contributed by atoms with Gasteiger partial charge in [-0.2, -0.15) is 0 Å². The highest BCUT2D eigenvalue weighted by atomic mass is 32.2. The Balaban J connectivity index is 1.55. The van der Waals surface area contributed by atoms with Crippen LogP contribution in [0.1, 0.15) is 24.5 Å². The smallest absolute Gasteiger partial charge is 0.178 e. The Labute approximate surface area is 204 Å². The van der Waals surface area contributed by atoms with Gasteiger partial charge in [-0.15, -0.1) is 0 Å². The molecule has 0 radical (unpaired) electrons. The summed E-state index contributed by atoms with van der Waals surface area (Å²) in [6, 6.07) is 17.2. The van der Waals surface area contributed by atoms with Crippen molar-refractivity contribution in [3.63, 3.8) is 0 Å². The van der Waals surface area contributed by atoms with Gasteiger partial charge in [-0.05, 0) is 78.4 Å². The molecule has 5 rings (SSSR count). The van der Waals surface area contributed by atoms with Crippen LogP contribution in [-0.4, -0.2) is 35.7 Å². The third-order valence-corrected chi connectivity index (χ3v) is 7.91. The molecule has 7 heteroatoms. The van der Waals surface area contributed by atoms with Crippen LogP contribution < -0.4 is 4.74 Å². The van der Waals surface area contributed by atoms with Crippen molar-refractivity contribution in [2.45, 2.75) is 31.6 Å². The maximum atomic E-state index is 12.5. The lowest BCUT2D eigenvalue weighted by atomic mass is 9.99. The molecule has 6 nitrogen and oxygen atoms in total. The minimum absolute atomic E-state index is 0.0634. The molecule has 2 aromatic carbocycles. The SMILES string of the molecule is CCS(=O)(=O)c1cccc(-c2ccc(OCCCc3cccnc3)c3[nH]c4ncc(C)cc4c23)c1. The van der Waals surface area contributed by atoms with Crippen molar-refractivity contribution in [3.05, 3.63) is 84.3 Å². The first-order chi connectivity index (χ1) is 17.0. The lowest BCUT2D eigenvalue weighted by Crippen LogP contribution is -2.03. The van der Waals surface area contributed by atoms with Crippen molar-refractivity contribution < 1.29 is 13.2 Å². The van der Waals surface area contributed by atoms with Crippen molar-refractivity contribution in [2.24, 2.45) is 0 Å². The fourth-order valence-corrected chi connectivity index (χ4v) is 5.28. The Bertz CT molecular complexity index is 1610. The van der Waals surface area contributed by atoms with Crippen LogP contribution >= 0.6 is 0 Å². The first kappa shape index (κ1) is 23.1. The summed E-state index contributed by atoms with van der Waals surface area (Å²) in [7, 11) is -3.31. The first-order valence-corrected chi connectivity index (χ1v) is 13.4. The molecule has 3 heterocycles. The van der Waals surface area contributed by atoms with E-state index < -0.39 is 9.84 Å². The van der Waals surface area contributed by atoms with Crippen LogP contribution in [-0.2, 0) is 16.3 Å². The number of aromatic amines is 1. The van der Waals surface area contributed by atoms with Crippen molar-refractivity contribution >= 4 is 31.8 Å². The third kappa shape index (κ3) is 4.64. The minimum atomic E-state index is -3.31. The van der Waals surface area contributed by atoms with Gasteiger partial charge in [0.25, 0.3) is 0 Å². The molecular formula is C28H27N3O3S. The molecule has 178 valence electrons. The number of aromatic nitrogens is 3. The van der Waals surface area contributed by atoms with E-state index in [1.165, 1.54) is 5.56 Å². The Kier molecular flexibility index (Phi) is 6.26. The molecule has 0 amide bonds. The molecular weight excluding hydrogens is 458 g/mol. The quantitative estimate of drug-likeness (QED) is 0.277. The van der Waals surface area contributed by atoms with E-state index in [2.05, 4.69) is 27.1 Å². The number of benzene rings is 2. The van der Waals surface area contributed by atoms with Crippen LogP contribution in [0.3, 0.4) is 0 Å². The number of rotatable bonds is 8. The minimum Gasteiger partial charge on any atom is -0.491 e. The summed E-state index contributed by atoms with van der Waals surface area (Å²) in [5, 5.41) is 1.96. The number of aryl methyl sites for hydroxylation is 2. The molecule has 0 aliphatic heterocycles. The summed E-state index contributed by atoms with van der Waals surface area (Å²) < 4.78 is 31.2. The van der Waals surface area contributed by atoms with Gasteiger partial charge in [0.1, 0.15) is 11.4 Å². The zero-order chi connectivity index (χ0) is 24.4. The topological polar surface area (TPSA) is 84.9 Å². The lowest BCUT2D eigenvalue weighted by molar-refractivity contribution is 0.314. The van der Waals surface area contributed by atoms with E-state index in [0.717, 1.165) is 57.2 Å². The molecule has 0 spiro atoms. The normalized spacial score (nSPS) is 11.8. The average molecular weight is 486 g/mol. The average Bonchev–Trinajstić information content (AvgIpc) is 3.26. The Morgan fingerprint density at radius 2 is 1.91 bits per heavy atom. The molecule has 0 unspecified atom stereocenters. The van der Waals surface area contributed by atoms with Gasteiger partial charge >= 0.3 is 0 Å². The predicted molar refractivity (Wildman–Crippen MR) is 140 cm³/mol. The molecule has 5 aromatic rings.